The highest BCUT2D eigenvalue weighted by atomic mass is 19.1. The van der Waals surface area contributed by atoms with Crippen LogP contribution in [0.4, 0.5) is 14.9 Å². The summed E-state index contributed by atoms with van der Waals surface area (Å²) in [5.74, 6) is -0.406. The molecule has 188 valence electrons. The van der Waals surface area contributed by atoms with Gasteiger partial charge < -0.3 is 20.6 Å². The van der Waals surface area contributed by atoms with E-state index in [-0.39, 0.29) is 47.1 Å². The molecule has 4 rings (SSSR count). The molecule has 1 saturated heterocycles. The van der Waals surface area contributed by atoms with E-state index < -0.39 is 11.9 Å². The minimum atomic E-state index is -0.576. The third kappa shape index (κ3) is 5.09. The van der Waals surface area contributed by atoms with Crippen LogP contribution in [0.1, 0.15) is 65.7 Å². The number of aliphatic hydroxyl groups excluding tert-OH is 1. The van der Waals surface area contributed by atoms with Crippen LogP contribution < -0.4 is 10.6 Å². The number of fused-ring (bicyclic) bond motifs is 1. The van der Waals surface area contributed by atoms with Crippen molar-refractivity contribution in [3.8, 4) is 0 Å². The molecule has 1 heterocycles. The molecule has 2 aliphatic carbocycles. The summed E-state index contributed by atoms with van der Waals surface area (Å²) in [5, 5.41) is 17.4. The van der Waals surface area contributed by atoms with Crippen molar-refractivity contribution in [2.75, 3.05) is 18.4 Å². The maximum Gasteiger partial charge on any atom is 0.319 e. The van der Waals surface area contributed by atoms with Gasteiger partial charge in [-0.3, -0.25) is 4.79 Å². The second kappa shape index (κ2) is 10.2. The number of halogens is 1. The molecule has 7 heteroatoms. The van der Waals surface area contributed by atoms with Gasteiger partial charge in [0.25, 0.3) is 0 Å². The van der Waals surface area contributed by atoms with Gasteiger partial charge in [-0.2, -0.15) is 0 Å². The summed E-state index contributed by atoms with van der Waals surface area (Å²) >= 11 is 0. The Hall–Kier alpha value is -2.15. The fraction of sp³-hybridized carbons (Fsp3) is 0.704. The topological polar surface area (TPSA) is 81.7 Å². The number of hydrogen-bond donors (Lipinski definition) is 3. The van der Waals surface area contributed by atoms with Crippen molar-refractivity contribution in [2.24, 2.45) is 29.1 Å². The van der Waals surface area contributed by atoms with Gasteiger partial charge in [0.1, 0.15) is 5.82 Å². The molecule has 1 aliphatic heterocycles. The first-order chi connectivity index (χ1) is 16.2. The number of carbonyl (C=O) groups excluding carboxylic acids is 2. The SMILES string of the molecule is C[C@H]1[C@@H]2[C@@H](O)[C@H]([C@H](C)C(=O)N3CCCCC3)CC[C@@]2(C)CC[C@@H]1NC(=O)Nc1cccc(F)c1. The molecule has 3 N–H and O–H groups in total. The first-order valence-corrected chi connectivity index (χ1v) is 13.0. The fourth-order valence-electron chi connectivity index (χ4n) is 6.98. The third-order valence-electron chi connectivity index (χ3n) is 8.99. The summed E-state index contributed by atoms with van der Waals surface area (Å²) in [6.07, 6.45) is 6.35. The van der Waals surface area contributed by atoms with E-state index in [9.17, 15) is 19.1 Å². The molecule has 0 unspecified atom stereocenters. The van der Waals surface area contributed by atoms with Crippen molar-refractivity contribution in [3.63, 3.8) is 0 Å². The number of likely N-dealkylation sites (tertiary alicyclic amines) is 1. The second-order valence-electron chi connectivity index (χ2n) is 11.2. The summed E-state index contributed by atoms with van der Waals surface area (Å²) in [5.41, 5.74) is 0.411. The summed E-state index contributed by atoms with van der Waals surface area (Å²) in [6.45, 7) is 8.01. The van der Waals surface area contributed by atoms with Crippen LogP contribution in [0.25, 0.3) is 0 Å². The summed E-state index contributed by atoms with van der Waals surface area (Å²) in [6, 6.07) is 5.39. The van der Waals surface area contributed by atoms with E-state index >= 15 is 0 Å². The predicted octanol–water partition coefficient (Wildman–Crippen LogP) is 4.79. The Morgan fingerprint density at radius 1 is 1.18 bits per heavy atom. The van der Waals surface area contributed by atoms with Gasteiger partial charge in [0, 0.05) is 30.7 Å². The number of hydrogen-bond acceptors (Lipinski definition) is 3. The van der Waals surface area contributed by atoms with Crippen molar-refractivity contribution < 1.29 is 19.1 Å². The van der Waals surface area contributed by atoms with Crippen molar-refractivity contribution in [1.82, 2.24) is 10.2 Å². The Labute approximate surface area is 202 Å². The molecule has 2 saturated carbocycles. The first kappa shape index (κ1) is 25.0. The number of urea groups is 1. The number of nitrogens with one attached hydrogen (secondary N) is 2. The largest absolute Gasteiger partial charge is 0.392 e. The van der Waals surface area contributed by atoms with Gasteiger partial charge in [0.15, 0.2) is 0 Å². The van der Waals surface area contributed by atoms with Gasteiger partial charge in [-0.1, -0.05) is 26.8 Å². The zero-order valence-electron chi connectivity index (χ0n) is 20.7. The number of anilines is 1. The molecule has 3 amide bonds. The Morgan fingerprint density at radius 2 is 1.88 bits per heavy atom. The Bertz CT molecular complexity index is 890. The number of amides is 3. The smallest absolute Gasteiger partial charge is 0.319 e. The number of piperidine rings is 1. The minimum absolute atomic E-state index is 0.000436. The zero-order valence-corrected chi connectivity index (χ0v) is 20.7. The number of nitrogens with zero attached hydrogens (tertiary/aromatic N) is 1. The summed E-state index contributed by atoms with van der Waals surface area (Å²) < 4.78 is 13.5. The van der Waals surface area contributed by atoms with Gasteiger partial charge in [0.2, 0.25) is 5.91 Å². The van der Waals surface area contributed by atoms with E-state index in [1.165, 1.54) is 18.6 Å². The van der Waals surface area contributed by atoms with E-state index in [4.69, 9.17) is 0 Å². The maximum absolute atomic E-state index is 13.5. The lowest BCUT2D eigenvalue weighted by Gasteiger charge is -2.56. The van der Waals surface area contributed by atoms with Gasteiger partial charge in [-0.15, -0.1) is 0 Å². The quantitative estimate of drug-likeness (QED) is 0.588. The van der Waals surface area contributed by atoms with Crippen molar-refractivity contribution in [3.05, 3.63) is 30.1 Å². The van der Waals surface area contributed by atoms with E-state index in [1.807, 2.05) is 11.8 Å². The van der Waals surface area contributed by atoms with Crippen LogP contribution in [0.2, 0.25) is 0 Å². The minimum Gasteiger partial charge on any atom is -0.392 e. The molecule has 3 fully saturated rings. The second-order valence-corrected chi connectivity index (χ2v) is 11.2. The van der Waals surface area contributed by atoms with E-state index in [0.29, 0.717) is 5.69 Å². The zero-order chi connectivity index (χ0) is 24.5. The van der Waals surface area contributed by atoms with Crippen LogP contribution in [0.5, 0.6) is 0 Å². The standard InChI is InChI=1S/C27H40FN3O3/c1-17(25(33)31-14-5-4-6-15-31)21-10-12-27(3)13-11-22(18(2)23(27)24(21)32)30-26(34)29-20-9-7-8-19(28)16-20/h7-9,16-18,21-24,32H,4-6,10-15H2,1-3H3,(H2,29,30,34)/t17-,18+,21-,22-,23+,24-,27-/m0/s1. The predicted molar refractivity (Wildman–Crippen MR) is 131 cm³/mol. The molecule has 6 nitrogen and oxygen atoms in total. The number of benzene rings is 1. The first-order valence-electron chi connectivity index (χ1n) is 13.0. The molecule has 0 spiro atoms. The van der Waals surface area contributed by atoms with Crippen LogP contribution in [-0.4, -0.2) is 47.2 Å². The van der Waals surface area contributed by atoms with Crippen LogP contribution in [-0.2, 0) is 4.79 Å². The average Bonchev–Trinajstić information content (AvgIpc) is 2.81. The number of rotatable bonds is 4. The lowest BCUT2D eigenvalue weighted by Crippen LogP contribution is -2.59. The molecule has 0 aromatic heterocycles. The normalized spacial score (nSPS) is 34.6. The lowest BCUT2D eigenvalue weighted by molar-refractivity contribution is -0.150. The average molecular weight is 474 g/mol. The molecule has 3 aliphatic rings. The van der Waals surface area contributed by atoms with Gasteiger partial charge in [-0.25, -0.2) is 9.18 Å². The van der Waals surface area contributed by atoms with E-state index in [2.05, 4.69) is 24.5 Å². The summed E-state index contributed by atoms with van der Waals surface area (Å²) in [4.78, 5) is 27.8. The van der Waals surface area contributed by atoms with Gasteiger partial charge in [0.05, 0.1) is 6.10 Å². The monoisotopic (exact) mass is 473 g/mol. The Kier molecular flexibility index (Phi) is 7.51. The molecule has 0 radical (unpaired) electrons. The fourth-order valence-corrected chi connectivity index (χ4v) is 6.98. The highest BCUT2D eigenvalue weighted by molar-refractivity contribution is 5.89. The van der Waals surface area contributed by atoms with E-state index in [1.54, 1.807) is 12.1 Å². The Morgan fingerprint density at radius 3 is 2.59 bits per heavy atom. The van der Waals surface area contributed by atoms with Crippen LogP contribution in [0.15, 0.2) is 24.3 Å². The summed E-state index contributed by atoms with van der Waals surface area (Å²) in [7, 11) is 0. The third-order valence-corrected chi connectivity index (χ3v) is 8.99. The van der Waals surface area contributed by atoms with E-state index in [0.717, 1.165) is 51.6 Å². The van der Waals surface area contributed by atoms with Gasteiger partial charge in [-0.05, 0) is 86.3 Å². The highest BCUT2D eigenvalue weighted by Crippen LogP contribution is 2.55. The van der Waals surface area contributed by atoms with Crippen molar-refractivity contribution in [1.29, 1.82) is 0 Å². The molecule has 0 bridgehead atoms. The molecular weight excluding hydrogens is 433 g/mol. The molecule has 1 aromatic carbocycles. The van der Waals surface area contributed by atoms with Crippen molar-refractivity contribution in [2.45, 2.75) is 77.9 Å². The highest BCUT2D eigenvalue weighted by Gasteiger charge is 2.54. The molecule has 7 atom stereocenters. The van der Waals surface area contributed by atoms with Gasteiger partial charge >= 0.3 is 6.03 Å². The lowest BCUT2D eigenvalue weighted by atomic mass is 9.51. The van der Waals surface area contributed by atoms with Crippen LogP contribution >= 0.6 is 0 Å². The Balaban J connectivity index is 1.42. The van der Waals surface area contributed by atoms with Crippen LogP contribution in [0.3, 0.4) is 0 Å². The van der Waals surface area contributed by atoms with Crippen LogP contribution in [0, 0.1) is 34.9 Å². The maximum atomic E-state index is 13.5. The van der Waals surface area contributed by atoms with Crippen molar-refractivity contribution >= 4 is 17.6 Å². The number of carbonyl (C=O) groups is 2. The number of aliphatic hydroxyl groups is 1. The molecule has 1 aromatic rings. The molecular formula is C27H40FN3O3. The molecule has 34 heavy (non-hydrogen) atoms.